The molecule has 2 aromatic rings. The molecular formula is C17H21N3OS. The Morgan fingerprint density at radius 1 is 1.23 bits per heavy atom. The lowest BCUT2D eigenvalue weighted by Gasteiger charge is -2.24. The van der Waals surface area contributed by atoms with E-state index in [4.69, 9.17) is 17.0 Å². The Kier molecular flexibility index (Phi) is 4.73. The Morgan fingerprint density at radius 3 is 2.82 bits per heavy atom. The van der Waals surface area contributed by atoms with Gasteiger partial charge in [-0.2, -0.15) is 0 Å². The van der Waals surface area contributed by atoms with E-state index in [9.17, 15) is 0 Å². The molecule has 0 radical (unpaired) electrons. The SMILES string of the molecule is COc1ccc(NC(=S)NC2CCCCC2)c2cccnc12. The van der Waals surface area contributed by atoms with Crippen molar-refractivity contribution in [2.24, 2.45) is 0 Å². The van der Waals surface area contributed by atoms with Gasteiger partial charge in [0.05, 0.1) is 7.11 Å². The number of hydrogen-bond donors (Lipinski definition) is 2. The molecule has 22 heavy (non-hydrogen) atoms. The zero-order valence-corrected chi connectivity index (χ0v) is 13.6. The Balaban J connectivity index is 1.77. The van der Waals surface area contributed by atoms with Gasteiger partial charge in [0, 0.05) is 23.3 Å². The van der Waals surface area contributed by atoms with Crippen LogP contribution < -0.4 is 15.4 Å². The second-order valence-electron chi connectivity index (χ2n) is 5.65. The standard InChI is InChI=1S/C17H21N3OS/c1-21-15-10-9-14(13-8-5-11-18-16(13)15)20-17(22)19-12-6-3-2-4-7-12/h5,8-12H,2-4,6-7H2,1H3,(H2,19,20,22). The highest BCUT2D eigenvalue weighted by Gasteiger charge is 2.15. The second kappa shape index (κ2) is 6.92. The van der Waals surface area contributed by atoms with Gasteiger partial charge in [-0.05, 0) is 49.3 Å². The Morgan fingerprint density at radius 2 is 2.05 bits per heavy atom. The van der Waals surface area contributed by atoms with Crippen LogP contribution in [0.15, 0.2) is 30.5 Å². The molecule has 1 aromatic heterocycles. The zero-order chi connectivity index (χ0) is 15.4. The van der Waals surface area contributed by atoms with Crippen LogP contribution in [0.3, 0.4) is 0 Å². The molecule has 0 saturated heterocycles. The second-order valence-corrected chi connectivity index (χ2v) is 6.06. The molecule has 0 amide bonds. The van der Waals surface area contributed by atoms with Crippen molar-refractivity contribution in [1.82, 2.24) is 10.3 Å². The van der Waals surface area contributed by atoms with Gasteiger partial charge < -0.3 is 15.4 Å². The van der Waals surface area contributed by atoms with Crippen molar-refractivity contribution in [2.75, 3.05) is 12.4 Å². The molecule has 1 aliphatic rings. The first-order chi connectivity index (χ1) is 10.8. The van der Waals surface area contributed by atoms with Crippen molar-refractivity contribution in [3.8, 4) is 5.75 Å². The summed E-state index contributed by atoms with van der Waals surface area (Å²) in [5, 5.41) is 8.43. The molecule has 116 valence electrons. The van der Waals surface area contributed by atoms with Gasteiger partial charge in [0.25, 0.3) is 0 Å². The van der Waals surface area contributed by atoms with Crippen LogP contribution in [0.4, 0.5) is 5.69 Å². The summed E-state index contributed by atoms with van der Waals surface area (Å²) < 4.78 is 5.37. The number of pyridine rings is 1. The lowest BCUT2D eigenvalue weighted by atomic mass is 9.96. The van der Waals surface area contributed by atoms with E-state index in [2.05, 4.69) is 15.6 Å². The summed E-state index contributed by atoms with van der Waals surface area (Å²) in [5.74, 6) is 0.771. The van der Waals surface area contributed by atoms with Gasteiger partial charge in [-0.1, -0.05) is 19.3 Å². The van der Waals surface area contributed by atoms with Gasteiger partial charge in [-0.3, -0.25) is 4.98 Å². The van der Waals surface area contributed by atoms with E-state index in [1.54, 1.807) is 13.3 Å². The summed E-state index contributed by atoms with van der Waals surface area (Å²) >= 11 is 5.47. The third-order valence-corrected chi connectivity index (χ3v) is 4.36. The molecule has 1 fully saturated rings. The lowest BCUT2D eigenvalue weighted by molar-refractivity contribution is 0.415. The fraction of sp³-hybridized carbons (Fsp3) is 0.412. The minimum absolute atomic E-state index is 0.497. The van der Waals surface area contributed by atoms with Crippen molar-refractivity contribution >= 4 is 33.9 Å². The molecule has 0 spiro atoms. The molecule has 2 N–H and O–H groups in total. The lowest BCUT2D eigenvalue weighted by Crippen LogP contribution is -2.38. The van der Waals surface area contributed by atoms with Crippen molar-refractivity contribution < 1.29 is 4.74 Å². The largest absolute Gasteiger partial charge is 0.494 e. The van der Waals surface area contributed by atoms with Gasteiger partial charge in [0.1, 0.15) is 11.3 Å². The van der Waals surface area contributed by atoms with Gasteiger partial charge in [-0.15, -0.1) is 0 Å². The predicted octanol–water partition coefficient (Wildman–Crippen LogP) is 3.86. The average molecular weight is 315 g/mol. The van der Waals surface area contributed by atoms with Crippen LogP contribution in [0.25, 0.3) is 10.9 Å². The van der Waals surface area contributed by atoms with Crippen molar-refractivity contribution in [2.45, 2.75) is 38.1 Å². The van der Waals surface area contributed by atoms with Crippen molar-refractivity contribution in [1.29, 1.82) is 0 Å². The number of anilines is 1. The Hall–Kier alpha value is -1.88. The van der Waals surface area contributed by atoms with Crippen LogP contribution >= 0.6 is 12.2 Å². The van der Waals surface area contributed by atoms with Crippen LogP contribution in [0.2, 0.25) is 0 Å². The normalized spacial score (nSPS) is 15.5. The number of nitrogens with zero attached hydrogens (tertiary/aromatic N) is 1. The quantitative estimate of drug-likeness (QED) is 0.842. The molecule has 0 unspecified atom stereocenters. The van der Waals surface area contributed by atoms with E-state index < -0.39 is 0 Å². The maximum absolute atomic E-state index is 5.47. The highest BCUT2D eigenvalue weighted by atomic mass is 32.1. The number of methoxy groups -OCH3 is 1. The first-order valence-electron chi connectivity index (χ1n) is 7.77. The molecule has 1 heterocycles. The maximum atomic E-state index is 5.47. The smallest absolute Gasteiger partial charge is 0.171 e. The summed E-state index contributed by atoms with van der Waals surface area (Å²) in [5.41, 5.74) is 1.80. The number of benzene rings is 1. The van der Waals surface area contributed by atoms with E-state index in [0.29, 0.717) is 11.2 Å². The van der Waals surface area contributed by atoms with E-state index in [0.717, 1.165) is 22.3 Å². The number of hydrogen-bond acceptors (Lipinski definition) is 3. The summed E-state index contributed by atoms with van der Waals surface area (Å²) in [7, 11) is 1.66. The molecule has 0 bridgehead atoms. The van der Waals surface area contributed by atoms with Crippen LogP contribution in [-0.4, -0.2) is 23.2 Å². The van der Waals surface area contributed by atoms with E-state index in [1.807, 2.05) is 24.3 Å². The van der Waals surface area contributed by atoms with Gasteiger partial charge in [0.15, 0.2) is 5.11 Å². The summed E-state index contributed by atoms with van der Waals surface area (Å²) in [6.07, 6.45) is 8.09. The third kappa shape index (κ3) is 3.30. The molecule has 1 aromatic carbocycles. The number of rotatable bonds is 3. The van der Waals surface area contributed by atoms with Crippen molar-refractivity contribution in [3.05, 3.63) is 30.5 Å². The van der Waals surface area contributed by atoms with Crippen molar-refractivity contribution in [3.63, 3.8) is 0 Å². The summed E-state index contributed by atoms with van der Waals surface area (Å²) in [4.78, 5) is 4.41. The first-order valence-corrected chi connectivity index (χ1v) is 8.18. The maximum Gasteiger partial charge on any atom is 0.171 e. The van der Waals surface area contributed by atoms with Gasteiger partial charge >= 0.3 is 0 Å². The summed E-state index contributed by atoms with van der Waals surface area (Å²) in [6, 6.07) is 8.34. The topological polar surface area (TPSA) is 46.2 Å². The van der Waals surface area contributed by atoms with Crippen LogP contribution in [-0.2, 0) is 0 Å². The Bertz CT molecular complexity index is 668. The summed E-state index contributed by atoms with van der Waals surface area (Å²) in [6.45, 7) is 0. The van der Waals surface area contributed by atoms with Crippen LogP contribution in [0.1, 0.15) is 32.1 Å². The molecule has 4 nitrogen and oxygen atoms in total. The van der Waals surface area contributed by atoms with Crippen LogP contribution in [0.5, 0.6) is 5.75 Å². The number of nitrogens with one attached hydrogen (secondary N) is 2. The average Bonchev–Trinajstić information content (AvgIpc) is 2.56. The molecule has 0 aliphatic heterocycles. The fourth-order valence-electron chi connectivity index (χ4n) is 3.01. The monoisotopic (exact) mass is 315 g/mol. The van der Waals surface area contributed by atoms with Gasteiger partial charge in [-0.25, -0.2) is 0 Å². The number of aromatic nitrogens is 1. The molecule has 5 heteroatoms. The zero-order valence-electron chi connectivity index (χ0n) is 12.8. The fourth-order valence-corrected chi connectivity index (χ4v) is 3.29. The number of fused-ring (bicyclic) bond motifs is 1. The number of ether oxygens (including phenoxy) is 1. The molecule has 1 aliphatic carbocycles. The van der Waals surface area contributed by atoms with Gasteiger partial charge in [0.2, 0.25) is 0 Å². The minimum Gasteiger partial charge on any atom is -0.494 e. The molecule has 0 atom stereocenters. The highest BCUT2D eigenvalue weighted by Crippen LogP contribution is 2.29. The molecular weight excluding hydrogens is 294 g/mol. The molecule has 3 rings (SSSR count). The van der Waals surface area contributed by atoms with Crippen LogP contribution in [0, 0.1) is 0 Å². The number of thiocarbonyl (C=S) groups is 1. The van der Waals surface area contributed by atoms with E-state index in [-0.39, 0.29) is 0 Å². The van der Waals surface area contributed by atoms with E-state index in [1.165, 1.54) is 32.1 Å². The third-order valence-electron chi connectivity index (χ3n) is 4.14. The Labute approximate surface area is 136 Å². The predicted molar refractivity (Wildman–Crippen MR) is 94.5 cm³/mol. The highest BCUT2D eigenvalue weighted by molar-refractivity contribution is 7.80. The minimum atomic E-state index is 0.497. The first kappa shape index (κ1) is 15.0. The molecule has 1 saturated carbocycles. The van der Waals surface area contributed by atoms with E-state index >= 15 is 0 Å².